The molecule has 1 aliphatic rings. The Bertz CT molecular complexity index is 505. The van der Waals surface area contributed by atoms with E-state index in [2.05, 4.69) is 0 Å². The number of hydrogen-bond acceptors (Lipinski definition) is 0. The zero-order chi connectivity index (χ0) is 15.6. The highest BCUT2D eigenvalue weighted by atomic mass is 35.8. The fraction of sp³-hybridized carbons (Fsp3) is 0. The maximum Gasteiger partial charge on any atom is 0.294 e. The molecule has 112 valence electrons. The van der Waals surface area contributed by atoms with E-state index in [-0.39, 0.29) is 0 Å². The molecule has 0 radical (unpaired) electrons. The molecule has 0 unspecified atom stereocenters. The Labute approximate surface area is 162 Å². The summed E-state index contributed by atoms with van der Waals surface area (Å²) in [7, 11) is 0. The van der Waals surface area contributed by atoms with Gasteiger partial charge < -0.3 is 0 Å². The molecular weight excluding hydrogens is 532 g/mol. The summed E-state index contributed by atoms with van der Waals surface area (Å²) in [5, 5.41) is 0.712. The Hall–Kier alpha value is 2.91. The third kappa shape index (κ3) is 2.16. The van der Waals surface area contributed by atoms with Crippen LogP contribution in [0.15, 0.2) is 30.3 Å². The first-order valence-electron chi connectivity index (χ1n) is 5.11. The van der Waals surface area contributed by atoms with Crippen LogP contribution in [0.5, 0.6) is 0 Å². The maximum absolute atomic E-state index is 6.91. The highest BCUT2D eigenvalue weighted by Crippen LogP contribution is 2.64. The number of halogens is 9. The summed E-state index contributed by atoms with van der Waals surface area (Å²) >= 11 is 59.4. The molecule has 0 bridgehead atoms. The average molecular weight is 537 g/mol. The summed E-state index contributed by atoms with van der Waals surface area (Å²) in [5.41, 5.74) is -13.7. The van der Waals surface area contributed by atoms with Gasteiger partial charge >= 0.3 is 0 Å². The summed E-state index contributed by atoms with van der Waals surface area (Å²) in [6, 6.07) is 9.03. The van der Waals surface area contributed by atoms with Gasteiger partial charge in [0.25, 0.3) is 22.9 Å². The van der Waals surface area contributed by atoms with Crippen LogP contribution in [0.1, 0.15) is 0 Å². The summed E-state index contributed by atoms with van der Waals surface area (Å²) in [4.78, 5) is 0. The SMILES string of the molecule is Cl[Si]1(Cl)[Si](Cl)(Cl)[Si](Cl)(Cl)[Si](Cl)(c2ccccc2)[Si]1(Cl)Cl. The van der Waals surface area contributed by atoms with Gasteiger partial charge in [-0.15, -0.1) is 88.6 Å². The van der Waals surface area contributed by atoms with Crippen LogP contribution in [-0.2, 0) is 0 Å². The van der Waals surface area contributed by atoms with E-state index in [0.717, 1.165) is 0 Å². The Balaban J connectivity index is 2.82. The van der Waals surface area contributed by atoms with Gasteiger partial charge in [-0.1, -0.05) is 30.3 Å². The molecule has 1 fully saturated rings. The lowest BCUT2D eigenvalue weighted by Crippen LogP contribution is -2.72. The molecule has 0 aliphatic carbocycles. The summed E-state index contributed by atoms with van der Waals surface area (Å²) < 4.78 is 0. The Morgan fingerprint density at radius 1 is 0.500 bits per heavy atom. The first-order valence-corrected chi connectivity index (χ1v) is 29.2. The summed E-state index contributed by atoms with van der Waals surface area (Å²) in [6.45, 7) is 0. The fourth-order valence-electron chi connectivity index (χ4n) is 2.05. The van der Waals surface area contributed by atoms with Gasteiger partial charge in [0.15, 0.2) is 0 Å². The third-order valence-electron chi connectivity index (χ3n) is 3.22. The van der Waals surface area contributed by atoms with Gasteiger partial charge in [-0.3, -0.25) is 0 Å². The van der Waals surface area contributed by atoms with E-state index in [1.807, 2.05) is 6.07 Å². The van der Waals surface area contributed by atoms with Gasteiger partial charge in [0.05, 0.1) is 0 Å². The van der Waals surface area contributed by atoms with Gasteiger partial charge in [0.2, 0.25) is 6.42 Å². The first-order chi connectivity index (χ1) is 8.86. The molecule has 0 nitrogen and oxygen atoms in total. The van der Waals surface area contributed by atoms with E-state index in [4.69, 9.17) is 99.7 Å². The van der Waals surface area contributed by atoms with Crippen LogP contribution >= 0.6 is 99.7 Å². The summed E-state index contributed by atoms with van der Waals surface area (Å²) in [5.74, 6) is 0. The van der Waals surface area contributed by atoms with Crippen LogP contribution in [0.3, 0.4) is 0 Å². The van der Waals surface area contributed by atoms with Crippen molar-refractivity contribution in [2.24, 2.45) is 0 Å². The van der Waals surface area contributed by atoms with E-state index in [1.165, 1.54) is 0 Å². The van der Waals surface area contributed by atoms with Gasteiger partial charge in [0, 0.05) is 0 Å². The van der Waals surface area contributed by atoms with E-state index >= 15 is 0 Å². The molecule has 0 aromatic heterocycles. The summed E-state index contributed by atoms with van der Waals surface area (Å²) in [6.07, 6.45) is -3.28. The maximum atomic E-state index is 6.91. The zero-order valence-electron chi connectivity index (χ0n) is 9.29. The van der Waals surface area contributed by atoms with Crippen molar-refractivity contribution in [2.45, 2.75) is 0 Å². The number of rotatable bonds is 1. The molecule has 1 saturated heterocycles. The third-order valence-corrected chi connectivity index (χ3v) is 154. The van der Waals surface area contributed by atoms with Crippen molar-refractivity contribution < 1.29 is 0 Å². The minimum absolute atomic E-state index is 0.712. The lowest BCUT2D eigenvalue weighted by molar-refractivity contribution is 1.77. The van der Waals surface area contributed by atoms with Crippen molar-refractivity contribution >= 4 is 134 Å². The Morgan fingerprint density at radius 2 is 0.850 bits per heavy atom. The monoisotopic (exact) mass is 532 g/mol. The Morgan fingerprint density at radius 3 is 1.20 bits per heavy atom. The van der Waals surface area contributed by atoms with Crippen molar-refractivity contribution in [3.05, 3.63) is 30.3 Å². The highest BCUT2D eigenvalue weighted by molar-refractivity contribution is 8.50. The van der Waals surface area contributed by atoms with E-state index in [1.54, 1.807) is 24.3 Å². The molecular formula is C6H5Cl9Si5. The molecule has 0 spiro atoms. The molecule has 1 aliphatic heterocycles. The minimum Gasteiger partial charge on any atom is -0.162 e. The molecule has 2 rings (SSSR count). The molecule has 20 heavy (non-hydrogen) atoms. The normalized spacial score (nSPS) is 28.2. The number of hydrogen-bond donors (Lipinski definition) is 0. The van der Waals surface area contributed by atoms with Crippen LogP contribution < -0.4 is 5.19 Å². The second kappa shape index (κ2) is 5.73. The predicted molar refractivity (Wildman–Crippen MR) is 108 cm³/mol. The van der Waals surface area contributed by atoms with Crippen molar-refractivity contribution in [3.63, 3.8) is 0 Å². The lowest BCUT2D eigenvalue weighted by Gasteiger charge is -2.34. The predicted octanol–water partition coefficient (Wildman–Crippen LogP) is 5.16. The quantitative estimate of drug-likeness (QED) is 0.344. The number of benzene rings is 1. The molecule has 1 aromatic rings. The Kier molecular flexibility index (Phi) is 5.51. The average Bonchev–Trinajstić information content (AvgIpc) is 2.41. The van der Waals surface area contributed by atoms with Crippen LogP contribution in [0.25, 0.3) is 0 Å². The molecule has 0 amide bonds. The molecule has 1 heterocycles. The standard InChI is InChI=1S/C6H5Cl9Si5/c7-16(6-4-2-1-3-5-6)17(8,9)19(12,13)20(14,15)18(16,10)11/h1-5H. The molecule has 0 saturated carbocycles. The van der Waals surface area contributed by atoms with Crippen molar-refractivity contribution in [3.8, 4) is 0 Å². The largest absolute Gasteiger partial charge is 0.294 e. The van der Waals surface area contributed by atoms with Crippen LogP contribution in [0.2, 0.25) is 0 Å². The second-order valence-electron chi connectivity index (χ2n) is 4.32. The van der Waals surface area contributed by atoms with E-state index in [0.29, 0.717) is 5.19 Å². The van der Waals surface area contributed by atoms with Crippen LogP contribution in [0, 0.1) is 0 Å². The van der Waals surface area contributed by atoms with Gasteiger partial charge in [-0.2, -0.15) is 11.1 Å². The van der Waals surface area contributed by atoms with Crippen molar-refractivity contribution in [1.82, 2.24) is 0 Å². The molecule has 1 aromatic carbocycles. The van der Waals surface area contributed by atoms with Crippen LogP contribution in [-0.4, -0.2) is 29.3 Å². The van der Waals surface area contributed by atoms with E-state index < -0.39 is 29.3 Å². The highest BCUT2D eigenvalue weighted by Gasteiger charge is 2.95. The second-order valence-corrected chi connectivity index (χ2v) is 75.6. The topological polar surface area (TPSA) is 0 Å². The van der Waals surface area contributed by atoms with Gasteiger partial charge in [-0.05, 0) is 5.19 Å². The first kappa shape index (κ1) is 19.2. The molecule has 0 atom stereocenters. The van der Waals surface area contributed by atoms with Crippen molar-refractivity contribution in [2.75, 3.05) is 0 Å². The van der Waals surface area contributed by atoms with Crippen LogP contribution in [0.4, 0.5) is 0 Å². The van der Waals surface area contributed by atoms with Gasteiger partial charge in [-0.25, -0.2) is 0 Å². The zero-order valence-corrected chi connectivity index (χ0v) is 21.1. The fourth-order valence-corrected chi connectivity index (χ4v) is 236. The lowest BCUT2D eigenvalue weighted by atomic mass is 10.4. The molecule has 14 heteroatoms. The minimum atomic E-state index is -3.44. The van der Waals surface area contributed by atoms with Crippen molar-refractivity contribution in [1.29, 1.82) is 0 Å². The smallest absolute Gasteiger partial charge is 0.162 e. The molecule has 0 N–H and O–H groups in total. The van der Waals surface area contributed by atoms with E-state index in [9.17, 15) is 0 Å². The van der Waals surface area contributed by atoms with Gasteiger partial charge in [0.1, 0.15) is 0 Å².